The van der Waals surface area contributed by atoms with Gasteiger partial charge in [0.1, 0.15) is 0 Å². The van der Waals surface area contributed by atoms with Gasteiger partial charge in [0, 0.05) is 5.54 Å². The Hall–Kier alpha value is -1.26. The van der Waals surface area contributed by atoms with Gasteiger partial charge in [0.25, 0.3) is 5.91 Å². The van der Waals surface area contributed by atoms with E-state index in [1.807, 2.05) is 0 Å². The van der Waals surface area contributed by atoms with E-state index in [9.17, 15) is 9.59 Å². The number of esters is 1. The van der Waals surface area contributed by atoms with Crippen molar-refractivity contribution in [3.63, 3.8) is 0 Å². The van der Waals surface area contributed by atoms with Crippen LogP contribution in [-0.4, -0.2) is 23.5 Å². The van der Waals surface area contributed by atoms with Gasteiger partial charge in [-0.2, -0.15) is 0 Å². The summed E-state index contributed by atoms with van der Waals surface area (Å²) < 4.78 is 5.35. The third-order valence-electron chi connectivity index (χ3n) is 6.25. The predicted octanol–water partition coefficient (Wildman–Crippen LogP) is 4.62. The maximum absolute atomic E-state index is 12.7. The number of carbonyl (C=O) groups excluding carboxylic acids is 2. The van der Waals surface area contributed by atoms with Crippen molar-refractivity contribution in [2.24, 2.45) is 17.8 Å². The first-order chi connectivity index (χ1) is 12.3. The molecule has 0 aromatic heterocycles. The quantitative estimate of drug-likeness (QED) is 0.756. The van der Waals surface area contributed by atoms with E-state index >= 15 is 0 Å². The molecule has 0 unspecified atom stereocenters. The van der Waals surface area contributed by atoms with Gasteiger partial charge in [-0.1, -0.05) is 29.3 Å². The van der Waals surface area contributed by atoms with Crippen LogP contribution in [0.1, 0.15) is 55.8 Å². The lowest BCUT2D eigenvalue weighted by Crippen LogP contribution is -2.61. The van der Waals surface area contributed by atoms with E-state index in [4.69, 9.17) is 27.9 Å². The lowest BCUT2D eigenvalue weighted by atomic mass is 9.53. The molecule has 0 heterocycles. The van der Waals surface area contributed by atoms with Crippen molar-refractivity contribution >= 4 is 35.1 Å². The largest absolute Gasteiger partial charge is 0.449 e. The smallest absolute Gasteiger partial charge is 0.341 e. The van der Waals surface area contributed by atoms with Crippen LogP contribution in [0.5, 0.6) is 0 Å². The van der Waals surface area contributed by atoms with Crippen molar-refractivity contribution in [2.45, 2.75) is 57.1 Å². The van der Waals surface area contributed by atoms with Gasteiger partial charge in [-0.3, -0.25) is 4.79 Å². The summed E-state index contributed by atoms with van der Waals surface area (Å²) in [4.78, 5) is 25.1. The number of ether oxygens (including phenoxy) is 1. The Bertz CT molecular complexity index is 693. The fourth-order valence-electron chi connectivity index (χ4n) is 5.59. The fourth-order valence-corrected chi connectivity index (χ4v) is 6.14. The summed E-state index contributed by atoms with van der Waals surface area (Å²) in [6.45, 7) is 1.60. The fraction of sp³-hybridized carbons (Fsp3) is 0.600. The second-order valence-electron chi connectivity index (χ2n) is 8.33. The molecule has 4 aliphatic rings. The van der Waals surface area contributed by atoms with Crippen LogP contribution in [0.3, 0.4) is 0 Å². The number of rotatable bonds is 4. The maximum Gasteiger partial charge on any atom is 0.341 e. The minimum absolute atomic E-state index is 0.102. The molecule has 4 nitrogen and oxygen atoms in total. The number of halogens is 2. The molecule has 26 heavy (non-hydrogen) atoms. The Balaban J connectivity index is 1.42. The standard InChI is InChI=1S/C20H23Cl2NO3/c1-11(26-19(25)17-15(21)3-2-4-16(17)22)18(24)23-20-8-12-5-13(9-20)7-14(6-12)10-20/h2-4,11-14H,5-10H2,1H3,(H,23,24)/t11-,12?,13?,14?,20?/m1/s1. The summed E-state index contributed by atoms with van der Waals surface area (Å²) in [5, 5.41) is 3.67. The van der Waals surface area contributed by atoms with Gasteiger partial charge >= 0.3 is 5.97 Å². The highest BCUT2D eigenvalue weighted by molar-refractivity contribution is 6.39. The molecule has 140 valence electrons. The minimum Gasteiger partial charge on any atom is -0.449 e. The van der Waals surface area contributed by atoms with E-state index in [1.165, 1.54) is 19.3 Å². The maximum atomic E-state index is 12.7. The summed E-state index contributed by atoms with van der Waals surface area (Å²) >= 11 is 12.1. The van der Waals surface area contributed by atoms with Gasteiger partial charge in [-0.15, -0.1) is 0 Å². The predicted molar refractivity (Wildman–Crippen MR) is 100 cm³/mol. The third-order valence-corrected chi connectivity index (χ3v) is 6.88. The van der Waals surface area contributed by atoms with Crippen LogP contribution < -0.4 is 5.32 Å². The van der Waals surface area contributed by atoms with E-state index in [1.54, 1.807) is 25.1 Å². The molecule has 0 saturated heterocycles. The summed E-state index contributed by atoms with van der Waals surface area (Å²) in [5.41, 5.74) is -0.000523. The summed E-state index contributed by atoms with van der Waals surface area (Å²) in [6.07, 6.45) is 6.22. The number of carbonyl (C=O) groups is 2. The summed E-state index contributed by atoms with van der Waals surface area (Å²) in [6, 6.07) is 4.80. The van der Waals surface area contributed by atoms with Gasteiger partial charge in [-0.05, 0) is 75.3 Å². The van der Waals surface area contributed by atoms with Crippen LogP contribution in [0.15, 0.2) is 18.2 Å². The van der Waals surface area contributed by atoms with Crippen LogP contribution in [0, 0.1) is 17.8 Å². The molecular formula is C20H23Cl2NO3. The molecule has 5 rings (SSSR count). The second-order valence-corrected chi connectivity index (χ2v) is 9.15. The minimum atomic E-state index is -0.886. The topological polar surface area (TPSA) is 55.4 Å². The van der Waals surface area contributed by atoms with Crippen LogP contribution in [0.2, 0.25) is 10.0 Å². The first kappa shape index (κ1) is 18.1. The Kier molecular flexibility index (Phi) is 4.68. The van der Waals surface area contributed by atoms with Crippen molar-refractivity contribution in [1.29, 1.82) is 0 Å². The van der Waals surface area contributed by atoms with Crippen LogP contribution in [0.4, 0.5) is 0 Å². The molecule has 0 spiro atoms. The van der Waals surface area contributed by atoms with Crippen molar-refractivity contribution < 1.29 is 14.3 Å². The number of hydrogen-bond acceptors (Lipinski definition) is 3. The highest BCUT2D eigenvalue weighted by atomic mass is 35.5. The molecular weight excluding hydrogens is 373 g/mol. The van der Waals surface area contributed by atoms with Crippen molar-refractivity contribution in [3.05, 3.63) is 33.8 Å². The van der Waals surface area contributed by atoms with Gasteiger partial charge in [0.2, 0.25) is 0 Å². The number of nitrogens with one attached hydrogen (secondary N) is 1. The average molecular weight is 396 g/mol. The van der Waals surface area contributed by atoms with Crippen molar-refractivity contribution in [1.82, 2.24) is 5.32 Å². The molecule has 4 saturated carbocycles. The zero-order valence-electron chi connectivity index (χ0n) is 14.8. The van der Waals surface area contributed by atoms with Gasteiger partial charge in [0.15, 0.2) is 6.10 Å². The highest BCUT2D eigenvalue weighted by Gasteiger charge is 2.51. The SMILES string of the molecule is C[C@@H](OC(=O)c1c(Cl)cccc1Cl)C(=O)NC12CC3CC(CC(C3)C1)C2. The van der Waals surface area contributed by atoms with E-state index in [0.29, 0.717) is 0 Å². The van der Waals surface area contributed by atoms with Crippen molar-refractivity contribution in [3.8, 4) is 0 Å². The molecule has 6 heteroatoms. The van der Waals surface area contributed by atoms with Gasteiger partial charge < -0.3 is 10.1 Å². The second kappa shape index (κ2) is 6.72. The molecule has 0 aliphatic heterocycles. The highest BCUT2D eigenvalue weighted by Crippen LogP contribution is 2.55. The lowest BCUT2D eigenvalue weighted by Gasteiger charge is -2.57. The Morgan fingerprint density at radius 1 is 1.08 bits per heavy atom. The van der Waals surface area contributed by atoms with Crippen molar-refractivity contribution in [2.75, 3.05) is 0 Å². The van der Waals surface area contributed by atoms with Crippen LogP contribution in [-0.2, 0) is 9.53 Å². The molecule has 4 fully saturated rings. The zero-order chi connectivity index (χ0) is 18.5. The Labute approximate surface area is 163 Å². The molecule has 1 aromatic rings. The lowest BCUT2D eigenvalue weighted by molar-refractivity contribution is -0.134. The van der Waals surface area contributed by atoms with Gasteiger partial charge in [-0.25, -0.2) is 4.79 Å². The van der Waals surface area contributed by atoms with E-state index < -0.39 is 12.1 Å². The normalized spacial score (nSPS) is 33.0. The van der Waals surface area contributed by atoms with Crippen LogP contribution in [0.25, 0.3) is 0 Å². The van der Waals surface area contributed by atoms with E-state index in [2.05, 4.69) is 5.32 Å². The molecule has 4 bridgehead atoms. The van der Waals surface area contributed by atoms with E-state index in [0.717, 1.165) is 37.0 Å². The molecule has 4 aliphatic carbocycles. The third kappa shape index (κ3) is 3.34. The Morgan fingerprint density at radius 2 is 1.58 bits per heavy atom. The molecule has 1 N–H and O–H groups in total. The number of amides is 1. The first-order valence-electron chi connectivity index (χ1n) is 9.32. The zero-order valence-corrected chi connectivity index (χ0v) is 16.3. The molecule has 1 aromatic carbocycles. The monoisotopic (exact) mass is 395 g/mol. The molecule has 1 amide bonds. The van der Waals surface area contributed by atoms with E-state index in [-0.39, 0.29) is 27.1 Å². The van der Waals surface area contributed by atoms with Gasteiger partial charge in [0.05, 0.1) is 15.6 Å². The average Bonchev–Trinajstić information content (AvgIpc) is 2.52. The molecule has 0 radical (unpaired) electrons. The number of hydrogen-bond donors (Lipinski definition) is 1. The number of benzene rings is 1. The summed E-state index contributed by atoms with van der Waals surface area (Å²) in [7, 11) is 0. The molecule has 1 atom stereocenters. The first-order valence-corrected chi connectivity index (χ1v) is 10.1. The Morgan fingerprint density at radius 3 is 2.08 bits per heavy atom. The van der Waals surface area contributed by atoms with Crippen LogP contribution >= 0.6 is 23.2 Å². The summed E-state index contributed by atoms with van der Waals surface area (Å²) in [5.74, 6) is 1.31.